The molecular formula is C14H17N3O4S. The van der Waals surface area contributed by atoms with Crippen molar-refractivity contribution in [3.63, 3.8) is 0 Å². The summed E-state index contributed by atoms with van der Waals surface area (Å²) < 4.78 is 37.5. The van der Waals surface area contributed by atoms with Gasteiger partial charge in [0.05, 0.1) is 32.2 Å². The molecule has 1 N–H and O–H groups in total. The van der Waals surface area contributed by atoms with Crippen LogP contribution < -0.4 is 14.2 Å². The van der Waals surface area contributed by atoms with Gasteiger partial charge in [-0.1, -0.05) is 0 Å². The van der Waals surface area contributed by atoms with Gasteiger partial charge in [0.25, 0.3) is 0 Å². The van der Waals surface area contributed by atoms with Gasteiger partial charge in [0.1, 0.15) is 16.4 Å². The van der Waals surface area contributed by atoms with Crippen LogP contribution in [0.1, 0.15) is 11.4 Å². The molecule has 0 fully saturated rings. The molecule has 0 saturated heterocycles. The van der Waals surface area contributed by atoms with Crippen molar-refractivity contribution in [3.05, 3.63) is 41.7 Å². The van der Waals surface area contributed by atoms with Gasteiger partial charge < -0.3 is 9.47 Å². The molecule has 2 rings (SSSR count). The second-order valence-corrected chi connectivity index (χ2v) is 6.24. The summed E-state index contributed by atoms with van der Waals surface area (Å²) in [6.07, 6.45) is 0. The first-order chi connectivity index (χ1) is 10.5. The molecule has 0 spiro atoms. The third-order valence-corrected chi connectivity index (χ3v) is 4.38. The number of nitrogens with one attached hydrogen (secondary N) is 1. The van der Waals surface area contributed by atoms with E-state index in [2.05, 4.69) is 14.9 Å². The summed E-state index contributed by atoms with van der Waals surface area (Å²) in [4.78, 5) is 0.00872. The van der Waals surface area contributed by atoms with E-state index in [9.17, 15) is 8.42 Å². The van der Waals surface area contributed by atoms with E-state index in [1.165, 1.54) is 20.3 Å². The first-order valence-corrected chi connectivity index (χ1v) is 7.95. The Morgan fingerprint density at radius 2 is 1.86 bits per heavy atom. The molecule has 0 saturated carbocycles. The van der Waals surface area contributed by atoms with Crippen LogP contribution in [0.15, 0.2) is 35.2 Å². The Morgan fingerprint density at radius 1 is 1.09 bits per heavy atom. The average molecular weight is 323 g/mol. The molecule has 0 atom stereocenters. The van der Waals surface area contributed by atoms with Crippen molar-refractivity contribution in [1.82, 2.24) is 14.9 Å². The van der Waals surface area contributed by atoms with Crippen LogP contribution in [0.25, 0.3) is 0 Å². The quantitative estimate of drug-likeness (QED) is 0.861. The highest BCUT2D eigenvalue weighted by Crippen LogP contribution is 2.28. The van der Waals surface area contributed by atoms with Crippen LogP contribution >= 0.6 is 0 Å². The summed E-state index contributed by atoms with van der Waals surface area (Å²) in [6, 6.07) is 8.06. The van der Waals surface area contributed by atoms with Crippen molar-refractivity contribution in [2.75, 3.05) is 14.2 Å². The lowest BCUT2D eigenvalue weighted by Gasteiger charge is -2.11. The van der Waals surface area contributed by atoms with Crippen LogP contribution in [0.3, 0.4) is 0 Å². The van der Waals surface area contributed by atoms with E-state index in [1.54, 1.807) is 24.3 Å². The lowest BCUT2D eigenvalue weighted by Crippen LogP contribution is -2.24. The van der Waals surface area contributed by atoms with Gasteiger partial charge in [0.15, 0.2) is 0 Å². The van der Waals surface area contributed by atoms with Crippen molar-refractivity contribution >= 4 is 10.0 Å². The van der Waals surface area contributed by atoms with Crippen molar-refractivity contribution in [2.24, 2.45) is 0 Å². The topological polar surface area (TPSA) is 90.4 Å². The normalized spacial score (nSPS) is 11.2. The number of hydrogen-bond acceptors (Lipinski definition) is 6. The molecule has 22 heavy (non-hydrogen) atoms. The van der Waals surface area contributed by atoms with Crippen LogP contribution in [0.2, 0.25) is 0 Å². The van der Waals surface area contributed by atoms with E-state index in [0.717, 1.165) is 5.69 Å². The minimum atomic E-state index is -3.77. The van der Waals surface area contributed by atoms with Crippen LogP contribution in [0.4, 0.5) is 0 Å². The zero-order valence-electron chi connectivity index (χ0n) is 12.5. The van der Waals surface area contributed by atoms with Crippen LogP contribution in [-0.4, -0.2) is 32.8 Å². The summed E-state index contributed by atoms with van der Waals surface area (Å²) in [6.45, 7) is 1.85. The molecule has 1 aromatic heterocycles. The SMILES string of the molecule is COc1ccc(OC)c(S(=O)(=O)NCc2ccc(C)nn2)c1. The third kappa shape index (κ3) is 3.71. The maximum absolute atomic E-state index is 12.4. The molecule has 118 valence electrons. The molecule has 8 heteroatoms. The molecule has 1 aromatic carbocycles. The number of hydrogen-bond donors (Lipinski definition) is 1. The van der Waals surface area contributed by atoms with Crippen LogP contribution in [0, 0.1) is 6.92 Å². The van der Waals surface area contributed by atoms with E-state index in [-0.39, 0.29) is 17.2 Å². The maximum Gasteiger partial charge on any atom is 0.244 e. The Kier molecular flexibility index (Phi) is 4.94. The standard InChI is InChI=1S/C14H17N3O4S/c1-10-4-5-11(17-16-10)9-15-22(18,19)14-8-12(20-2)6-7-13(14)21-3/h4-8,15H,9H2,1-3H3. The van der Waals surface area contributed by atoms with Crippen molar-refractivity contribution in [1.29, 1.82) is 0 Å². The number of benzene rings is 1. The molecule has 0 amide bonds. The van der Waals surface area contributed by atoms with Crippen LogP contribution in [-0.2, 0) is 16.6 Å². The number of aryl methyl sites for hydroxylation is 1. The summed E-state index contributed by atoms with van der Waals surface area (Å²) in [7, 11) is -0.892. The highest BCUT2D eigenvalue weighted by atomic mass is 32.2. The van der Waals surface area contributed by atoms with Gasteiger partial charge in [0, 0.05) is 6.07 Å². The Balaban J connectivity index is 2.24. The Morgan fingerprint density at radius 3 is 2.45 bits per heavy atom. The lowest BCUT2D eigenvalue weighted by molar-refractivity contribution is 0.392. The van der Waals surface area contributed by atoms with Gasteiger partial charge in [-0.3, -0.25) is 0 Å². The first kappa shape index (κ1) is 16.2. The first-order valence-electron chi connectivity index (χ1n) is 6.47. The van der Waals surface area contributed by atoms with Crippen molar-refractivity contribution in [2.45, 2.75) is 18.4 Å². The fraction of sp³-hybridized carbons (Fsp3) is 0.286. The van der Waals surface area contributed by atoms with Crippen molar-refractivity contribution < 1.29 is 17.9 Å². The Hall–Kier alpha value is -2.19. The second kappa shape index (κ2) is 6.71. The maximum atomic E-state index is 12.4. The van der Waals surface area contributed by atoms with E-state index in [1.807, 2.05) is 6.92 Å². The highest BCUT2D eigenvalue weighted by Gasteiger charge is 2.20. The van der Waals surface area contributed by atoms with Crippen LogP contribution in [0.5, 0.6) is 11.5 Å². The minimum Gasteiger partial charge on any atom is -0.497 e. The zero-order valence-corrected chi connectivity index (χ0v) is 13.3. The van der Waals surface area contributed by atoms with Gasteiger partial charge in [0.2, 0.25) is 10.0 Å². The molecule has 0 aliphatic heterocycles. The summed E-state index contributed by atoms with van der Waals surface area (Å²) >= 11 is 0. The number of rotatable bonds is 6. The van der Waals surface area contributed by atoms with E-state index in [4.69, 9.17) is 9.47 Å². The number of sulfonamides is 1. The molecule has 7 nitrogen and oxygen atoms in total. The van der Waals surface area contributed by atoms with Gasteiger partial charge >= 0.3 is 0 Å². The Labute approximate surface area is 129 Å². The van der Waals surface area contributed by atoms with E-state index in [0.29, 0.717) is 11.4 Å². The zero-order chi connectivity index (χ0) is 16.2. The monoisotopic (exact) mass is 323 g/mol. The average Bonchev–Trinajstić information content (AvgIpc) is 2.53. The molecule has 2 aromatic rings. The number of nitrogens with zero attached hydrogens (tertiary/aromatic N) is 2. The number of ether oxygens (including phenoxy) is 2. The van der Waals surface area contributed by atoms with E-state index >= 15 is 0 Å². The number of methoxy groups -OCH3 is 2. The van der Waals surface area contributed by atoms with Gasteiger partial charge in [-0.15, -0.1) is 0 Å². The van der Waals surface area contributed by atoms with Crippen molar-refractivity contribution in [3.8, 4) is 11.5 Å². The van der Waals surface area contributed by atoms with Gasteiger partial charge in [-0.25, -0.2) is 13.1 Å². The summed E-state index contributed by atoms with van der Waals surface area (Å²) in [5.41, 5.74) is 1.29. The largest absolute Gasteiger partial charge is 0.497 e. The molecule has 0 aliphatic carbocycles. The fourth-order valence-electron chi connectivity index (χ4n) is 1.76. The highest BCUT2D eigenvalue weighted by molar-refractivity contribution is 7.89. The predicted octanol–water partition coefficient (Wildman–Crippen LogP) is 1.28. The molecule has 0 unspecified atom stereocenters. The lowest BCUT2D eigenvalue weighted by atomic mass is 10.3. The van der Waals surface area contributed by atoms with E-state index < -0.39 is 10.0 Å². The second-order valence-electron chi connectivity index (χ2n) is 4.51. The predicted molar refractivity (Wildman–Crippen MR) is 80.3 cm³/mol. The van der Waals surface area contributed by atoms with Gasteiger partial charge in [-0.2, -0.15) is 10.2 Å². The molecule has 0 bridgehead atoms. The smallest absolute Gasteiger partial charge is 0.244 e. The fourth-order valence-corrected chi connectivity index (χ4v) is 2.94. The minimum absolute atomic E-state index is 0.00872. The Bertz CT molecular complexity index is 745. The molecular weight excluding hydrogens is 306 g/mol. The summed E-state index contributed by atoms with van der Waals surface area (Å²) in [5, 5.41) is 7.80. The molecule has 1 heterocycles. The molecule has 0 radical (unpaired) electrons. The number of aromatic nitrogens is 2. The third-order valence-electron chi connectivity index (χ3n) is 2.96. The van der Waals surface area contributed by atoms with Gasteiger partial charge in [-0.05, 0) is 31.2 Å². The summed E-state index contributed by atoms with van der Waals surface area (Å²) in [5.74, 6) is 0.666. The molecule has 0 aliphatic rings.